The van der Waals surface area contributed by atoms with Gasteiger partial charge in [0.2, 0.25) is 4.90 Å². The van der Waals surface area contributed by atoms with Gasteiger partial charge in [-0.1, -0.05) is 24.3 Å². The van der Waals surface area contributed by atoms with Crippen LogP contribution in [0.1, 0.15) is 13.8 Å². The van der Waals surface area contributed by atoms with Crippen molar-refractivity contribution in [3.63, 3.8) is 0 Å². The molecule has 2 rings (SSSR count). The highest BCUT2D eigenvalue weighted by molar-refractivity contribution is 7.97. The molecule has 0 heterocycles. The van der Waals surface area contributed by atoms with Crippen molar-refractivity contribution in [3.05, 3.63) is 36.4 Å². The standard InChI is InChI=1S/C15H19OS.C4HF9O3S/c1-4-17(5-2)15-13-9-7-6-8-12(13)10-11-14(15)16-3;5-1(6,3(9,10)11)2(7,8)4(12,13)17(14,15)16/h6-11H,4-5H2,1-3H3;(H,14,15,16)/q+1;/p-1. The van der Waals surface area contributed by atoms with Crippen LogP contribution in [0.5, 0.6) is 5.75 Å². The number of hydrogen-bond donors (Lipinski definition) is 0. The second kappa shape index (κ2) is 10.4. The van der Waals surface area contributed by atoms with E-state index >= 15 is 0 Å². The van der Waals surface area contributed by atoms with E-state index in [0.717, 1.165) is 5.75 Å². The summed E-state index contributed by atoms with van der Waals surface area (Å²) < 4.78 is 141. The molecule has 15 heteroatoms. The van der Waals surface area contributed by atoms with Crippen LogP contribution in [0.4, 0.5) is 39.5 Å². The highest BCUT2D eigenvalue weighted by Crippen LogP contribution is 2.54. The molecule has 0 radical (unpaired) electrons. The Morgan fingerprint density at radius 2 is 1.35 bits per heavy atom. The Morgan fingerprint density at radius 1 is 0.853 bits per heavy atom. The Bertz CT molecular complexity index is 1080. The van der Waals surface area contributed by atoms with Gasteiger partial charge in [0.25, 0.3) is 0 Å². The molecule has 0 amide bonds. The predicted molar refractivity (Wildman–Crippen MR) is 108 cm³/mol. The first kappa shape index (κ1) is 30.2. The Balaban J connectivity index is 0.000000340. The van der Waals surface area contributed by atoms with Crippen molar-refractivity contribution in [1.29, 1.82) is 0 Å². The zero-order chi connectivity index (χ0) is 26.8. The van der Waals surface area contributed by atoms with Crippen LogP contribution >= 0.6 is 0 Å². The van der Waals surface area contributed by atoms with Gasteiger partial charge in [0, 0.05) is 16.3 Å². The average Bonchev–Trinajstić information content (AvgIpc) is 2.73. The number of rotatable bonds is 7. The third-order valence-corrected chi connectivity index (χ3v) is 7.76. The van der Waals surface area contributed by atoms with E-state index in [2.05, 4.69) is 50.2 Å². The minimum atomic E-state index is -7.43. The fourth-order valence-electron chi connectivity index (χ4n) is 2.69. The number of methoxy groups -OCH3 is 1. The van der Waals surface area contributed by atoms with Crippen LogP contribution < -0.4 is 4.74 Å². The van der Waals surface area contributed by atoms with E-state index in [9.17, 15) is 52.5 Å². The van der Waals surface area contributed by atoms with Gasteiger partial charge in [-0.15, -0.1) is 0 Å². The minimum absolute atomic E-state index is 0.287. The normalized spacial score (nSPS) is 13.6. The van der Waals surface area contributed by atoms with Gasteiger partial charge in [-0.3, -0.25) is 0 Å². The van der Waals surface area contributed by atoms with Crippen molar-refractivity contribution in [2.45, 2.75) is 42.0 Å². The first-order chi connectivity index (χ1) is 15.3. The van der Waals surface area contributed by atoms with Crippen molar-refractivity contribution in [2.75, 3.05) is 18.6 Å². The van der Waals surface area contributed by atoms with Crippen LogP contribution in [-0.4, -0.2) is 54.9 Å². The van der Waals surface area contributed by atoms with Gasteiger partial charge in [-0.2, -0.15) is 39.5 Å². The maximum Gasteiger partial charge on any atom is 0.460 e. The largest absolute Gasteiger partial charge is 0.743 e. The SMILES string of the molecule is CC[S+](CC)c1c(OC)ccc2ccccc12.O=S(=O)([O-])C(F)(F)C(F)(F)C(F)(F)C(F)(F)F. The zero-order valence-corrected chi connectivity index (χ0v) is 19.4. The molecule has 0 aliphatic heterocycles. The van der Waals surface area contributed by atoms with Gasteiger partial charge < -0.3 is 9.29 Å². The molecule has 0 N–H and O–H groups in total. The lowest BCUT2D eigenvalue weighted by Gasteiger charge is -2.34. The van der Waals surface area contributed by atoms with E-state index < -0.39 is 33.4 Å². The molecular weight excluding hydrogens is 527 g/mol. The van der Waals surface area contributed by atoms with Crippen LogP contribution in [-0.2, 0) is 21.0 Å². The molecule has 4 nitrogen and oxygen atoms in total. The number of hydrogen-bond acceptors (Lipinski definition) is 4. The van der Waals surface area contributed by atoms with Gasteiger partial charge >= 0.3 is 23.3 Å². The summed E-state index contributed by atoms with van der Waals surface area (Å²) in [4.78, 5) is 1.40. The Labute approximate surface area is 192 Å². The number of halogens is 9. The lowest BCUT2D eigenvalue weighted by atomic mass is 10.1. The van der Waals surface area contributed by atoms with Crippen LogP contribution in [0.2, 0.25) is 0 Å². The lowest BCUT2D eigenvalue weighted by molar-refractivity contribution is -0.382. The fraction of sp³-hybridized carbons (Fsp3) is 0.474. The molecule has 0 spiro atoms. The minimum Gasteiger partial charge on any atom is -0.743 e. The molecular formula is C19H19F9O4S2. The first-order valence-electron chi connectivity index (χ1n) is 9.20. The van der Waals surface area contributed by atoms with Gasteiger partial charge in [-0.05, 0) is 31.4 Å². The summed E-state index contributed by atoms with van der Waals surface area (Å²) in [5.74, 6) is -11.4. The van der Waals surface area contributed by atoms with Gasteiger partial charge in [0.05, 0.1) is 7.11 Å². The Hall–Kier alpha value is -1.87. The summed E-state index contributed by atoms with van der Waals surface area (Å²) >= 11 is 0. The summed E-state index contributed by atoms with van der Waals surface area (Å²) in [6.07, 6.45) is -7.16. The lowest BCUT2D eigenvalue weighted by Crippen LogP contribution is -2.63. The number of benzene rings is 2. The molecule has 194 valence electrons. The van der Waals surface area contributed by atoms with Crippen LogP contribution in [0.3, 0.4) is 0 Å². The molecule has 2 aromatic rings. The Morgan fingerprint density at radius 3 is 1.76 bits per heavy atom. The molecule has 0 fully saturated rings. The van der Waals surface area contributed by atoms with Gasteiger partial charge in [0.1, 0.15) is 11.5 Å². The average molecular weight is 546 g/mol. The molecule has 34 heavy (non-hydrogen) atoms. The summed E-state index contributed by atoms with van der Waals surface area (Å²) in [7, 11) is -5.37. The predicted octanol–water partition coefficient (Wildman–Crippen LogP) is 5.82. The molecule has 2 aromatic carbocycles. The first-order valence-corrected chi connectivity index (χ1v) is 12.2. The van der Waals surface area contributed by atoms with E-state index in [4.69, 9.17) is 4.74 Å². The molecule has 0 saturated carbocycles. The monoisotopic (exact) mass is 546 g/mol. The molecule has 0 unspecified atom stereocenters. The van der Waals surface area contributed by atoms with Gasteiger partial charge in [0.15, 0.2) is 15.9 Å². The summed E-state index contributed by atoms with van der Waals surface area (Å²) in [5, 5.41) is -4.46. The second-order valence-corrected chi connectivity index (χ2v) is 10.5. The zero-order valence-electron chi connectivity index (χ0n) is 17.7. The fourth-order valence-corrected chi connectivity index (χ4v) is 5.05. The highest BCUT2D eigenvalue weighted by Gasteiger charge is 2.83. The molecule has 0 aromatic heterocycles. The van der Waals surface area contributed by atoms with Crippen molar-refractivity contribution < 1.29 is 57.2 Å². The third kappa shape index (κ3) is 5.51. The van der Waals surface area contributed by atoms with Crippen LogP contribution in [0, 0.1) is 0 Å². The van der Waals surface area contributed by atoms with E-state index in [0.29, 0.717) is 0 Å². The van der Waals surface area contributed by atoms with E-state index in [1.807, 2.05) is 0 Å². The molecule has 0 aliphatic carbocycles. The number of alkyl halides is 9. The van der Waals surface area contributed by atoms with E-state index in [-0.39, 0.29) is 10.9 Å². The summed E-state index contributed by atoms with van der Waals surface area (Å²) in [5.41, 5.74) is 0. The smallest absolute Gasteiger partial charge is 0.460 e. The molecule has 0 bridgehead atoms. The van der Waals surface area contributed by atoms with Crippen molar-refractivity contribution in [2.24, 2.45) is 0 Å². The summed E-state index contributed by atoms with van der Waals surface area (Å²) in [6.45, 7) is 4.52. The van der Waals surface area contributed by atoms with E-state index in [1.54, 1.807) is 7.11 Å². The molecule has 0 aliphatic rings. The topological polar surface area (TPSA) is 66.4 Å². The van der Waals surface area contributed by atoms with Crippen LogP contribution in [0.15, 0.2) is 41.3 Å². The van der Waals surface area contributed by atoms with Crippen molar-refractivity contribution in [3.8, 4) is 5.75 Å². The second-order valence-electron chi connectivity index (χ2n) is 6.51. The molecule has 0 saturated heterocycles. The van der Waals surface area contributed by atoms with Crippen LogP contribution in [0.25, 0.3) is 10.8 Å². The van der Waals surface area contributed by atoms with E-state index in [1.165, 1.54) is 27.2 Å². The highest BCUT2D eigenvalue weighted by atomic mass is 32.2. The number of fused-ring (bicyclic) bond motifs is 1. The quantitative estimate of drug-likeness (QED) is 0.249. The van der Waals surface area contributed by atoms with Crippen molar-refractivity contribution >= 4 is 31.8 Å². The Kier molecular flexibility index (Phi) is 9.23. The van der Waals surface area contributed by atoms with Gasteiger partial charge in [-0.25, -0.2) is 8.42 Å². The van der Waals surface area contributed by atoms with Crippen molar-refractivity contribution in [1.82, 2.24) is 0 Å². The maximum atomic E-state index is 12.2. The maximum absolute atomic E-state index is 12.2. The number of ether oxygens (including phenoxy) is 1. The summed E-state index contributed by atoms with van der Waals surface area (Å²) in [6, 6.07) is 12.8. The third-order valence-electron chi connectivity index (χ3n) is 4.48. The molecule has 0 atom stereocenters.